The smallest absolute Gasteiger partial charge is 0.252 e. The van der Waals surface area contributed by atoms with E-state index in [1.165, 1.54) is 0 Å². The third-order valence-corrected chi connectivity index (χ3v) is 5.73. The number of imidazole rings is 1. The molecule has 2 aromatic carbocycles. The Morgan fingerprint density at radius 2 is 2.00 bits per heavy atom. The average molecular weight is 439 g/mol. The molecule has 0 spiro atoms. The SMILES string of the molecule is Cc1cccc2sc(N(CCCn3ccnc3)C(=O)/C=C/c3ccccc3)nc12.Cl. The quantitative estimate of drug-likeness (QED) is 0.365. The molecule has 0 aliphatic rings. The van der Waals surface area contributed by atoms with Crippen molar-refractivity contribution >= 4 is 51.1 Å². The summed E-state index contributed by atoms with van der Waals surface area (Å²) in [5.41, 5.74) is 3.09. The molecule has 0 bridgehead atoms. The lowest BCUT2D eigenvalue weighted by atomic mass is 10.2. The fourth-order valence-electron chi connectivity index (χ4n) is 3.14. The van der Waals surface area contributed by atoms with Crippen molar-refractivity contribution in [3.63, 3.8) is 0 Å². The van der Waals surface area contributed by atoms with Gasteiger partial charge in [0, 0.05) is 31.6 Å². The molecule has 2 aromatic heterocycles. The minimum Gasteiger partial charge on any atom is -0.337 e. The lowest BCUT2D eigenvalue weighted by molar-refractivity contribution is -0.114. The fourth-order valence-corrected chi connectivity index (χ4v) is 4.22. The summed E-state index contributed by atoms with van der Waals surface area (Å²) in [6.07, 6.45) is 9.79. The second-order valence-electron chi connectivity index (χ2n) is 6.81. The molecule has 30 heavy (non-hydrogen) atoms. The molecule has 4 rings (SSSR count). The first-order valence-corrected chi connectivity index (χ1v) is 10.4. The minimum absolute atomic E-state index is 0. The van der Waals surface area contributed by atoms with Crippen molar-refractivity contribution in [2.75, 3.05) is 11.4 Å². The van der Waals surface area contributed by atoms with Gasteiger partial charge >= 0.3 is 0 Å². The van der Waals surface area contributed by atoms with E-state index < -0.39 is 0 Å². The predicted molar refractivity (Wildman–Crippen MR) is 126 cm³/mol. The van der Waals surface area contributed by atoms with Crippen LogP contribution in [0.3, 0.4) is 0 Å². The first kappa shape index (κ1) is 21.7. The fraction of sp³-hybridized carbons (Fsp3) is 0.174. The first-order valence-electron chi connectivity index (χ1n) is 9.57. The maximum Gasteiger partial charge on any atom is 0.252 e. The Morgan fingerprint density at radius 3 is 2.73 bits per heavy atom. The molecule has 7 heteroatoms. The molecule has 0 saturated heterocycles. The number of hydrogen-bond acceptors (Lipinski definition) is 4. The number of nitrogens with zero attached hydrogens (tertiary/aromatic N) is 4. The van der Waals surface area contributed by atoms with Crippen LogP contribution in [-0.4, -0.2) is 27.0 Å². The third-order valence-electron chi connectivity index (χ3n) is 4.68. The Labute approximate surface area is 186 Å². The molecule has 0 aliphatic heterocycles. The molecular formula is C23H23ClN4OS. The molecule has 0 fully saturated rings. The second kappa shape index (κ2) is 10.2. The number of rotatable bonds is 7. The van der Waals surface area contributed by atoms with Gasteiger partial charge in [-0.3, -0.25) is 9.69 Å². The van der Waals surface area contributed by atoms with Crippen molar-refractivity contribution in [2.45, 2.75) is 19.9 Å². The standard InChI is InChI=1S/C23H22N4OS.ClH/c1-18-7-5-10-20-22(18)25-23(29-20)27(15-6-14-26-16-13-24-17-26)21(28)12-11-19-8-3-2-4-9-19;/h2-5,7-13,16-17H,6,14-15H2,1H3;1H/b12-11+;. The van der Waals surface area contributed by atoms with Crippen LogP contribution in [0.2, 0.25) is 0 Å². The first-order chi connectivity index (χ1) is 14.2. The van der Waals surface area contributed by atoms with Crippen molar-refractivity contribution in [3.8, 4) is 0 Å². The summed E-state index contributed by atoms with van der Waals surface area (Å²) in [5.74, 6) is -0.0591. The Morgan fingerprint density at radius 1 is 1.17 bits per heavy atom. The van der Waals surface area contributed by atoms with Gasteiger partial charge in [-0.05, 0) is 36.6 Å². The molecule has 0 atom stereocenters. The molecule has 0 radical (unpaired) electrons. The van der Waals surface area contributed by atoms with Gasteiger partial charge < -0.3 is 4.57 Å². The lowest BCUT2D eigenvalue weighted by Crippen LogP contribution is -2.30. The number of carbonyl (C=O) groups is 1. The van der Waals surface area contributed by atoms with Crippen LogP contribution in [0, 0.1) is 6.92 Å². The van der Waals surface area contributed by atoms with Crippen LogP contribution in [0.25, 0.3) is 16.3 Å². The molecule has 0 saturated carbocycles. The summed E-state index contributed by atoms with van der Waals surface area (Å²) < 4.78 is 3.12. The Kier molecular flexibility index (Phi) is 7.38. The molecule has 4 aromatic rings. The number of aromatic nitrogens is 3. The normalized spacial score (nSPS) is 11.0. The highest BCUT2D eigenvalue weighted by Crippen LogP contribution is 2.31. The minimum atomic E-state index is -0.0591. The van der Waals surface area contributed by atoms with Crippen molar-refractivity contribution < 1.29 is 4.79 Å². The second-order valence-corrected chi connectivity index (χ2v) is 7.82. The summed E-state index contributed by atoms with van der Waals surface area (Å²) in [7, 11) is 0. The van der Waals surface area contributed by atoms with Gasteiger partial charge in [-0.15, -0.1) is 12.4 Å². The van der Waals surface area contributed by atoms with E-state index in [0.29, 0.717) is 6.54 Å². The van der Waals surface area contributed by atoms with Crippen LogP contribution in [0.5, 0.6) is 0 Å². The highest BCUT2D eigenvalue weighted by molar-refractivity contribution is 7.22. The van der Waals surface area contributed by atoms with Crippen LogP contribution >= 0.6 is 23.7 Å². The van der Waals surface area contributed by atoms with E-state index in [9.17, 15) is 4.79 Å². The van der Waals surface area contributed by atoms with Crippen molar-refractivity contribution in [3.05, 3.63) is 84.5 Å². The van der Waals surface area contributed by atoms with Gasteiger partial charge in [-0.2, -0.15) is 0 Å². The van der Waals surface area contributed by atoms with E-state index in [1.54, 1.807) is 34.8 Å². The Balaban J connectivity index is 0.00000256. The molecule has 2 heterocycles. The van der Waals surface area contributed by atoms with E-state index in [2.05, 4.69) is 11.1 Å². The maximum absolute atomic E-state index is 13.1. The molecule has 0 N–H and O–H groups in total. The number of hydrogen-bond donors (Lipinski definition) is 0. The number of amides is 1. The predicted octanol–water partition coefficient (Wildman–Crippen LogP) is 5.36. The zero-order chi connectivity index (χ0) is 20.1. The Hall–Kier alpha value is -2.96. The summed E-state index contributed by atoms with van der Waals surface area (Å²) in [6.45, 7) is 3.44. The van der Waals surface area contributed by atoms with Crippen LogP contribution in [0.15, 0.2) is 73.3 Å². The van der Waals surface area contributed by atoms with Crippen LogP contribution in [-0.2, 0) is 11.3 Å². The van der Waals surface area contributed by atoms with Gasteiger partial charge in [0.15, 0.2) is 5.13 Å². The third kappa shape index (κ3) is 5.14. The number of aryl methyl sites for hydroxylation is 2. The van der Waals surface area contributed by atoms with E-state index in [-0.39, 0.29) is 18.3 Å². The number of para-hydroxylation sites is 1. The number of anilines is 1. The number of fused-ring (bicyclic) bond motifs is 1. The van der Waals surface area contributed by atoms with Gasteiger partial charge in [0.25, 0.3) is 5.91 Å². The molecule has 0 aliphatic carbocycles. The maximum atomic E-state index is 13.1. The van der Waals surface area contributed by atoms with E-state index in [1.807, 2.05) is 66.2 Å². The largest absolute Gasteiger partial charge is 0.337 e. The zero-order valence-electron chi connectivity index (χ0n) is 16.6. The van der Waals surface area contributed by atoms with Crippen molar-refractivity contribution in [1.29, 1.82) is 0 Å². The number of halogens is 1. The van der Waals surface area contributed by atoms with E-state index >= 15 is 0 Å². The van der Waals surface area contributed by atoms with Gasteiger partial charge in [-0.25, -0.2) is 9.97 Å². The summed E-state index contributed by atoms with van der Waals surface area (Å²) >= 11 is 1.56. The topological polar surface area (TPSA) is 51.0 Å². The number of benzene rings is 2. The molecule has 1 amide bonds. The average Bonchev–Trinajstić information content (AvgIpc) is 3.41. The molecule has 154 valence electrons. The highest BCUT2D eigenvalue weighted by atomic mass is 35.5. The van der Waals surface area contributed by atoms with Crippen LogP contribution < -0.4 is 4.90 Å². The van der Waals surface area contributed by atoms with Gasteiger partial charge in [0.05, 0.1) is 16.5 Å². The Bertz CT molecular complexity index is 1120. The summed E-state index contributed by atoms with van der Waals surface area (Å²) in [6, 6.07) is 16.0. The summed E-state index contributed by atoms with van der Waals surface area (Å²) in [5, 5.41) is 0.739. The highest BCUT2D eigenvalue weighted by Gasteiger charge is 2.18. The van der Waals surface area contributed by atoms with Crippen molar-refractivity contribution in [2.24, 2.45) is 0 Å². The molecule has 0 unspecified atom stereocenters. The van der Waals surface area contributed by atoms with Crippen LogP contribution in [0.1, 0.15) is 17.5 Å². The van der Waals surface area contributed by atoms with Gasteiger partial charge in [-0.1, -0.05) is 53.8 Å². The van der Waals surface area contributed by atoms with Crippen molar-refractivity contribution in [1.82, 2.24) is 14.5 Å². The molecular weight excluding hydrogens is 416 g/mol. The number of thiazole rings is 1. The lowest BCUT2D eigenvalue weighted by Gasteiger charge is -2.18. The van der Waals surface area contributed by atoms with E-state index in [0.717, 1.165) is 39.4 Å². The van der Waals surface area contributed by atoms with Gasteiger partial charge in [0.1, 0.15) is 0 Å². The van der Waals surface area contributed by atoms with Crippen LogP contribution in [0.4, 0.5) is 5.13 Å². The van der Waals surface area contributed by atoms with E-state index in [4.69, 9.17) is 4.98 Å². The zero-order valence-corrected chi connectivity index (χ0v) is 18.3. The molecule has 5 nitrogen and oxygen atoms in total. The monoisotopic (exact) mass is 438 g/mol. The number of carbonyl (C=O) groups excluding carboxylic acids is 1. The summed E-state index contributed by atoms with van der Waals surface area (Å²) in [4.78, 5) is 23.7. The van der Waals surface area contributed by atoms with Gasteiger partial charge in [0.2, 0.25) is 0 Å².